The van der Waals surface area contributed by atoms with E-state index in [0.29, 0.717) is 10.8 Å². The predicted octanol–water partition coefficient (Wildman–Crippen LogP) is 3.36. The van der Waals surface area contributed by atoms with Crippen LogP contribution in [0.1, 0.15) is 39.2 Å². The van der Waals surface area contributed by atoms with E-state index in [1.807, 2.05) is 6.07 Å². The minimum atomic E-state index is 0.300. The molecule has 1 fully saturated rings. The molecule has 0 amide bonds. The van der Waals surface area contributed by atoms with Gasteiger partial charge in [-0.3, -0.25) is 0 Å². The van der Waals surface area contributed by atoms with Gasteiger partial charge in [0.2, 0.25) is 0 Å². The molecule has 2 rings (SSSR count). The van der Waals surface area contributed by atoms with Crippen molar-refractivity contribution in [1.82, 2.24) is 5.32 Å². The van der Waals surface area contributed by atoms with E-state index in [9.17, 15) is 0 Å². The number of likely N-dealkylation sites (N-methyl/N-ethyl adjacent to an activating group) is 1. The van der Waals surface area contributed by atoms with Crippen LogP contribution < -0.4 is 10.1 Å². The SMILES string of the molecule is CCNCC1(c2cccc(OC)c2)CC(C)(C)C1. The van der Waals surface area contributed by atoms with Crippen LogP contribution in [0.3, 0.4) is 0 Å². The Labute approximate surface area is 111 Å². The summed E-state index contributed by atoms with van der Waals surface area (Å²) in [5.74, 6) is 0.966. The summed E-state index contributed by atoms with van der Waals surface area (Å²) in [6.45, 7) is 8.99. The molecule has 0 aliphatic heterocycles. The van der Waals surface area contributed by atoms with Crippen LogP contribution in [-0.4, -0.2) is 20.2 Å². The van der Waals surface area contributed by atoms with Gasteiger partial charge in [0.15, 0.2) is 0 Å². The summed E-state index contributed by atoms with van der Waals surface area (Å²) < 4.78 is 5.35. The van der Waals surface area contributed by atoms with Crippen molar-refractivity contribution >= 4 is 0 Å². The third-order valence-electron chi connectivity index (χ3n) is 4.03. The highest BCUT2D eigenvalue weighted by atomic mass is 16.5. The van der Waals surface area contributed by atoms with E-state index in [1.165, 1.54) is 18.4 Å². The van der Waals surface area contributed by atoms with Gasteiger partial charge in [-0.05, 0) is 42.5 Å². The smallest absolute Gasteiger partial charge is 0.119 e. The lowest BCUT2D eigenvalue weighted by Crippen LogP contribution is -2.52. The standard InChI is InChI=1S/C16H25NO/c1-5-17-12-16(10-15(2,3)11-16)13-7-6-8-14(9-13)18-4/h6-9,17H,5,10-12H2,1-4H3. The molecule has 0 unspecified atom stereocenters. The number of rotatable bonds is 5. The second-order valence-electron chi connectivity index (χ2n) is 6.31. The van der Waals surface area contributed by atoms with Crippen molar-refractivity contribution in [3.8, 4) is 5.75 Å². The van der Waals surface area contributed by atoms with Crippen molar-refractivity contribution in [2.45, 2.75) is 39.0 Å². The van der Waals surface area contributed by atoms with E-state index in [0.717, 1.165) is 18.8 Å². The van der Waals surface area contributed by atoms with Crippen molar-refractivity contribution in [2.24, 2.45) is 5.41 Å². The topological polar surface area (TPSA) is 21.3 Å². The molecule has 2 heteroatoms. The quantitative estimate of drug-likeness (QED) is 0.861. The first-order valence-corrected chi connectivity index (χ1v) is 6.87. The van der Waals surface area contributed by atoms with Crippen LogP contribution in [0.4, 0.5) is 0 Å². The predicted molar refractivity (Wildman–Crippen MR) is 76.2 cm³/mol. The van der Waals surface area contributed by atoms with Crippen LogP contribution in [0.2, 0.25) is 0 Å². The molecule has 0 heterocycles. The van der Waals surface area contributed by atoms with Gasteiger partial charge in [0.25, 0.3) is 0 Å². The minimum absolute atomic E-state index is 0.300. The van der Waals surface area contributed by atoms with E-state index >= 15 is 0 Å². The Bertz CT molecular complexity index is 403. The number of ether oxygens (including phenoxy) is 1. The Kier molecular flexibility index (Phi) is 3.67. The first kappa shape index (κ1) is 13.4. The molecule has 100 valence electrons. The fraction of sp³-hybridized carbons (Fsp3) is 0.625. The molecule has 1 aliphatic carbocycles. The number of benzene rings is 1. The zero-order valence-electron chi connectivity index (χ0n) is 12.0. The van der Waals surface area contributed by atoms with E-state index in [2.05, 4.69) is 44.3 Å². The molecule has 0 saturated heterocycles. The maximum Gasteiger partial charge on any atom is 0.119 e. The average Bonchev–Trinajstić information content (AvgIpc) is 2.33. The molecule has 1 N–H and O–H groups in total. The summed E-state index contributed by atoms with van der Waals surface area (Å²) in [5, 5.41) is 3.52. The van der Waals surface area contributed by atoms with Crippen molar-refractivity contribution < 1.29 is 4.74 Å². The molecule has 1 aromatic rings. The first-order valence-electron chi connectivity index (χ1n) is 6.87. The van der Waals surface area contributed by atoms with E-state index in [-0.39, 0.29) is 0 Å². The second-order valence-corrected chi connectivity index (χ2v) is 6.31. The van der Waals surface area contributed by atoms with Crippen LogP contribution in [0.25, 0.3) is 0 Å². The molecule has 0 aromatic heterocycles. The van der Waals surface area contributed by atoms with Gasteiger partial charge in [-0.1, -0.05) is 32.9 Å². The van der Waals surface area contributed by atoms with Crippen LogP contribution in [0.5, 0.6) is 5.75 Å². The largest absolute Gasteiger partial charge is 0.497 e. The number of nitrogens with one attached hydrogen (secondary N) is 1. The van der Waals surface area contributed by atoms with Crippen molar-refractivity contribution in [1.29, 1.82) is 0 Å². The van der Waals surface area contributed by atoms with Crippen LogP contribution in [0.15, 0.2) is 24.3 Å². The highest BCUT2D eigenvalue weighted by Gasteiger charge is 2.49. The lowest BCUT2D eigenvalue weighted by Gasteiger charge is -2.54. The van der Waals surface area contributed by atoms with E-state index in [4.69, 9.17) is 4.74 Å². The van der Waals surface area contributed by atoms with Gasteiger partial charge in [-0.2, -0.15) is 0 Å². The molecule has 1 aliphatic rings. The van der Waals surface area contributed by atoms with Crippen molar-refractivity contribution in [3.63, 3.8) is 0 Å². The zero-order valence-corrected chi connectivity index (χ0v) is 12.0. The van der Waals surface area contributed by atoms with Gasteiger partial charge in [-0.25, -0.2) is 0 Å². The Hall–Kier alpha value is -1.02. The third kappa shape index (κ3) is 2.54. The Morgan fingerprint density at radius 1 is 1.28 bits per heavy atom. The van der Waals surface area contributed by atoms with E-state index in [1.54, 1.807) is 7.11 Å². The van der Waals surface area contributed by atoms with Crippen LogP contribution >= 0.6 is 0 Å². The van der Waals surface area contributed by atoms with Crippen LogP contribution in [-0.2, 0) is 5.41 Å². The Morgan fingerprint density at radius 3 is 2.56 bits per heavy atom. The molecule has 1 saturated carbocycles. The molecule has 0 radical (unpaired) electrons. The first-order chi connectivity index (χ1) is 8.51. The van der Waals surface area contributed by atoms with Crippen molar-refractivity contribution in [3.05, 3.63) is 29.8 Å². The number of methoxy groups -OCH3 is 1. The van der Waals surface area contributed by atoms with Crippen molar-refractivity contribution in [2.75, 3.05) is 20.2 Å². The summed E-state index contributed by atoms with van der Waals surface area (Å²) >= 11 is 0. The molecular weight excluding hydrogens is 222 g/mol. The number of hydrogen-bond acceptors (Lipinski definition) is 2. The minimum Gasteiger partial charge on any atom is -0.497 e. The highest BCUT2D eigenvalue weighted by molar-refractivity contribution is 5.37. The normalized spacial score (nSPS) is 20.2. The van der Waals surface area contributed by atoms with Gasteiger partial charge >= 0.3 is 0 Å². The number of hydrogen-bond donors (Lipinski definition) is 1. The zero-order chi connectivity index (χ0) is 13.2. The fourth-order valence-electron chi connectivity index (χ4n) is 3.53. The van der Waals surface area contributed by atoms with Gasteiger partial charge in [0.1, 0.15) is 5.75 Å². The summed E-state index contributed by atoms with van der Waals surface area (Å²) in [4.78, 5) is 0. The molecule has 2 nitrogen and oxygen atoms in total. The molecule has 0 bridgehead atoms. The summed E-state index contributed by atoms with van der Waals surface area (Å²) in [5.41, 5.74) is 2.19. The van der Waals surface area contributed by atoms with Gasteiger partial charge in [0, 0.05) is 12.0 Å². The summed E-state index contributed by atoms with van der Waals surface area (Å²) in [6, 6.07) is 8.57. The Balaban J connectivity index is 2.24. The highest BCUT2D eigenvalue weighted by Crippen LogP contribution is 2.55. The van der Waals surface area contributed by atoms with Gasteiger partial charge < -0.3 is 10.1 Å². The molecule has 0 spiro atoms. The molecule has 18 heavy (non-hydrogen) atoms. The maximum absolute atomic E-state index is 5.35. The molecule has 1 aromatic carbocycles. The molecular formula is C16H25NO. The van der Waals surface area contributed by atoms with Crippen LogP contribution in [0, 0.1) is 5.41 Å². The second kappa shape index (κ2) is 4.93. The Morgan fingerprint density at radius 2 is 2.00 bits per heavy atom. The summed E-state index contributed by atoms with van der Waals surface area (Å²) in [7, 11) is 1.74. The maximum atomic E-state index is 5.35. The third-order valence-corrected chi connectivity index (χ3v) is 4.03. The summed E-state index contributed by atoms with van der Waals surface area (Å²) in [6.07, 6.45) is 2.50. The molecule has 0 atom stereocenters. The van der Waals surface area contributed by atoms with E-state index < -0.39 is 0 Å². The lowest BCUT2D eigenvalue weighted by molar-refractivity contribution is 0.0566. The lowest BCUT2D eigenvalue weighted by atomic mass is 9.52. The monoisotopic (exact) mass is 247 g/mol. The average molecular weight is 247 g/mol. The fourth-order valence-corrected chi connectivity index (χ4v) is 3.53. The van der Waals surface area contributed by atoms with Gasteiger partial charge in [0.05, 0.1) is 7.11 Å². The van der Waals surface area contributed by atoms with Gasteiger partial charge in [-0.15, -0.1) is 0 Å².